The van der Waals surface area contributed by atoms with Gasteiger partial charge in [-0.05, 0) is 55.0 Å². The molecule has 0 amide bonds. The summed E-state index contributed by atoms with van der Waals surface area (Å²) in [5, 5.41) is 0. The van der Waals surface area contributed by atoms with Crippen LogP contribution in [-0.2, 0) is 12.0 Å². The lowest BCUT2D eigenvalue weighted by Gasteiger charge is -2.28. The Bertz CT molecular complexity index is 565. The Kier molecular flexibility index (Phi) is 3.77. The Morgan fingerprint density at radius 2 is 1.63 bits per heavy atom. The van der Waals surface area contributed by atoms with E-state index in [9.17, 15) is 0 Å². The van der Waals surface area contributed by atoms with Gasteiger partial charge in [-0.25, -0.2) is 0 Å². The number of aryl methyl sites for hydroxylation is 2. The highest BCUT2D eigenvalue weighted by atomic mass is 14.7. The van der Waals surface area contributed by atoms with Gasteiger partial charge in [-0.2, -0.15) is 0 Å². The summed E-state index contributed by atoms with van der Waals surface area (Å²) in [6.07, 6.45) is 1.06. The predicted molar refractivity (Wildman–Crippen MR) is 82.4 cm³/mol. The molecule has 0 saturated heterocycles. The van der Waals surface area contributed by atoms with E-state index >= 15 is 0 Å². The molecule has 100 valence electrons. The number of benzene rings is 2. The van der Waals surface area contributed by atoms with Crippen LogP contribution >= 0.6 is 0 Å². The van der Waals surface area contributed by atoms with Gasteiger partial charge in [0.05, 0.1) is 5.54 Å². The van der Waals surface area contributed by atoms with E-state index < -0.39 is 5.54 Å². The molecular weight excluding hydrogens is 230 g/mol. The molecule has 1 atom stereocenters. The van der Waals surface area contributed by atoms with Crippen LogP contribution in [0.4, 0.5) is 0 Å². The van der Waals surface area contributed by atoms with Crippen molar-refractivity contribution in [3.63, 3.8) is 0 Å². The summed E-state index contributed by atoms with van der Waals surface area (Å²) < 4.78 is 0. The largest absolute Gasteiger partial charge is 0.318 e. The normalized spacial score (nSPS) is 14.2. The van der Waals surface area contributed by atoms with Crippen molar-refractivity contribution in [2.75, 3.05) is 0 Å². The molecule has 1 unspecified atom stereocenters. The Balaban J connectivity index is 2.48. The van der Waals surface area contributed by atoms with Crippen molar-refractivity contribution in [2.24, 2.45) is 5.73 Å². The molecule has 2 N–H and O–H groups in total. The maximum absolute atomic E-state index is 6.62. The average Bonchev–Trinajstić information content (AvgIpc) is 2.41. The molecule has 0 aromatic heterocycles. The number of nitrogens with two attached hydrogens (primary N) is 1. The van der Waals surface area contributed by atoms with E-state index in [1.807, 2.05) is 0 Å². The fourth-order valence-corrected chi connectivity index (χ4v) is 2.56. The zero-order valence-electron chi connectivity index (χ0n) is 12.3. The molecule has 0 aliphatic rings. The highest BCUT2D eigenvalue weighted by Gasteiger charge is 2.25. The minimum atomic E-state index is -0.442. The van der Waals surface area contributed by atoms with Gasteiger partial charge in [-0.1, -0.05) is 49.4 Å². The quantitative estimate of drug-likeness (QED) is 0.876. The third-order valence-electron chi connectivity index (χ3n) is 4.13. The molecule has 0 aliphatic heterocycles. The van der Waals surface area contributed by atoms with Crippen LogP contribution in [0.3, 0.4) is 0 Å². The molecular formula is C18H23N. The molecule has 2 aromatic carbocycles. The zero-order chi connectivity index (χ0) is 14.0. The molecule has 1 nitrogen and oxygen atoms in total. The van der Waals surface area contributed by atoms with Crippen molar-refractivity contribution in [2.45, 2.75) is 39.7 Å². The Hall–Kier alpha value is -1.60. The first kappa shape index (κ1) is 13.8. The van der Waals surface area contributed by atoms with Crippen LogP contribution in [0.5, 0.6) is 0 Å². The fourth-order valence-electron chi connectivity index (χ4n) is 2.56. The number of hydrogen-bond acceptors (Lipinski definition) is 1. The van der Waals surface area contributed by atoms with E-state index in [4.69, 9.17) is 5.73 Å². The highest BCUT2D eigenvalue weighted by molar-refractivity contribution is 5.44. The molecule has 0 fully saturated rings. The van der Waals surface area contributed by atoms with Gasteiger partial charge in [0.15, 0.2) is 0 Å². The van der Waals surface area contributed by atoms with Gasteiger partial charge < -0.3 is 5.73 Å². The molecule has 19 heavy (non-hydrogen) atoms. The van der Waals surface area contributed by atoms with Crippen LogP contribution in [0.1, 0.15) is 41.7 Å². The Morgan fingerprint density at radius 1 is 1.00 bits per heavy atom. The first-order valence-corrected chi connectivity index (χ1v) is 6.91. The summed E-state index contributed by atoms with van der Waals surface area (Å²) in [6, 6.07) is 15.0. The van der Waals surface area contributed by atoms with Crippen molar-refractivity contribution in [3.05, 3.63) is 70.3 Å². The average molecular weight is 253 g/mol. The van der Waals surface area contributed by atoms with Gasteiger partial charge in [0, 0.05) is 0 Å². The standard InChI is InChI=1S/C18H23N/c1-5-15-9-11-16(12-10-15)18(4,19)17-8-6-7-13(2)14(17)3/h6-12H,5,19H2,1-4H3. The molecule has 1 heteroatoms. The van der Waals surface area contributed by atoms with E-state index in [0.29, 0.717) is 0 Å². The van der Waals surface area contributed by atoms with Crippen molar-refractivity contribution in [1.29, 1.82) is 0 Å². The van der Waals surface area contributed by atoms with Gasteiger partial charge >= 0.3 is 0 Å². The van der Waals surface area contributed by atoms with Crippen LogP contribution in [0.15, 0.2) is 42.5 Å². The second-order valence-electron chi connectivity index (χ2n) is 5.50. The topological polar surface area (TPSA) is 26.0 Å². The first-order valence-electron chi connectivity index (χ1n) is 6.91. The Labute approximate surface area is 116 Å². The molecule has 2 aromatic rings. The first-order chi connectivity index (χ1) is 8.96. The summed E-state index contributed by atoms with van der Waals surface area (Å²) in [7, 11) is 0. The molecule has 0 radical (unpaired) electrons. The molecule has 0 heterocycles. The smallest absolute Gasteiger partial charge is 0.0639 e. The lowest BCUT2D eigenvalue weighted by molar-refractivity contribution is 0.598. The molecule has 2 rings (SSSR count). The fraction of sp³-hybridized carbons (Fsp3) is 0.333. The molecule has 0 spiro atoms. The predicted octanol–water partition coefficient (Wildman–Crippen LogP) is 4.09. The van der Waals surface area contributed by atoms with E-state index in [-0.39, 0.29) is 0 Å². The lowest BCUT2D eigenvalue weighted by Crippen LogP contribution is -2.35. The summed E-state index contributed by atoms with van der Waals surface area (Å²) in [4.78, 5) is 0. The maximum atomic E-state index is 6.62. The van der Waals surface area contributed by atoms with Gasteiger partial charge in [-0.3, -0.25) is 0 Å². The minimum Gasteiger partial charge on any atom is -0.318 e. The van der Waals surface area contributed by atoms with Crippen LogP contribution in [0.2, 0.25) is 0 Å². The molecule has 0 saturated carbocycles. The van der Waals surface area contributed by atoms with Crippen LogP contribution < -0.4 is 5.73 Å². The van der Waals surface area contributed by atoms with Crippen molar-refractivity contribution < 1.29 is 0 Å². The van der Waals surface area contributed by atoms with E-state index in [0.717, 1.165) is 6.42 Å². The van der Waals surface area contributed by atoms with Crippen LogP contribution in [-0.4, -0.2) is 0 Å². The summed E-state index contributed by atoms with van der Waals surface area (Å²) >= 11 is 0. The summed E-state index contributed by atoms with van der Waals surface area (Å²) in [5.41, 5.74) is 12.5. The van der Waals surface area contributed by atoms with E-state index in [1.54, 1.807) is 0 Å². The van der Waals surface area contributed by atoms with Crippen molar-refractivity contribution >= 4 is 0 Å². The van der Waals surface area contributed by atoms with Gasteiger partial charge in [-0.15, -0.1) is 0 Å². The van der Waals surface area contributed by atoms with Crippen LogP contribution in [0, 0.1) is 13.8 Å². The van der Waals surface area contributed by atoms with E-state index in [2.05, 4.69) is 70.2 Å². The number of rotatable bonds is 3. The molecule has 0 aliphatic carbocycles. The van der Waals surface area contributed by atoms with Gasteiger partial charge in [0.1, 0.15) is 0 Å². The Morgan fingerprint density at radius 3 is 2.21 bits per heavy atom. The zero-order valence-corrected chi connectivity index (χ0v) is 12.3. The summed E-state index contributed by atoms with van der Waals surface area (Å²) in [5.74, 6) is 0. The molecule has 0 bridgehead atoms. The third kappa shape index (κ3) is 2.57. The third-order valence-corrected chi connectivity index (χ3v) is 4.13. The highest BCUT2D eigenvalue weighted by Crippen LogP contribution is 2.30. The summed E-state index contributed by atoms with van der Waals surface area (Å²) in [6.45, 7) is 8.54. The lowest BCUT2D eigenvalue weighted by atomic mass is 9.82. The maximum Gasteiger partial charge on any atom is 0.0639 e. The van der Waals surface area contributed by atoms with E-state index in [1.165, 1.54) is 27.8 Å². The second kappa shape index (κ2) is 5.18. The minimum absolute atomic E-state index is 0.442. The van der Waals surface area contributed by atoms with Crippen molar-refractivity contribution in [1.82, 2.24) is 0 Å². The second-order valence-corrected chi connectivity index (χ2v) is 5.50. The van der Waals surface area contributed by atoms with Gasteiger partial charge in [0.25, 0.3) is 0 Å². The SMILES string of the molecule is CCc1ccc(C(C)(N)c2cccc(C)c2C)cc1. The monoisotopic (exact) mass is 253 g/mol. The van der Waals surface area contributed by atoms with Crippen molar-refractivity contribution in [3.8, 4) is 0 Å². The number of hydrogen-bond donors (Lipinski definition) is 1. The van der Waals surface area contributed by atoms with Crippen LogP contribution in [0.25, 0.3) is 0 Å². The van der Waals surface area contributed by atoms with Gasteiger partial charge in [0.2, 0.25) is 0 Å².